The summed E-state index contributed by atoms with van der Waals surface area (Å²) in [6, 6.07) is 7.82. The highest BCUT2D eigenvalue weighted by molar-refractivity contribution is 5.45. The smallest absolute Gasteiger partial charge is 0.150 e. The van der Waals surface area contributed by atoms with Gasteiger partial charge in [0.1, 0.15) is 12.0 Å². The molecule has 23 heavy (non-hydrogen) atoms. The predicted molar refractivity (Wildman–Crippen MR) is 99.3 cm³/mol. The van der Waals surface area contributed by atoms with Crippen LogP contribution in [0.5, 0.6) is 5.75 Å². The van der Waals surface area contributed by atoms with E-state index in [1.54, 1.807) is 0 Å². The van der Waals surface area contributed by atoms with Crippen LogP contribution in [0, 0.1) is 0 Å². The number of nitrogens with zero attached hydrogens (tertiary/aromatic N) is 1. The minimum atomic E-state index is 0.123. The Balaban J connectivity index is 2.30. The van der Waals surface area contributed by atoms with E-state index in [-0.39, 0.29) is 6.23 Å². The summed E-state index contributed by atoms with van der Waals surface area (Å²) in [4.78, 5) is 2.56. The van der Waals surface area contributed by atoms with Crippen LogP contribution in [-0.2, 0) is 0 Å². The molecule has 0 spiro atoms. The van der Waals surface area contributed by atoms with Gasteiger partial charge in [-0.2, -0.15) is 0 Å². The highest BCUT2D eigenvalue weighted by atomic mass is 16.5. The van der Waals surface area contributed by atoms with Gasteiger partial charge in [0.2, 0.25) is 0 Å². The van der Waals surface area contributed by atoms with Gasteiger partial charge in [0.25, 0.3) is 0 Å². The second-order valence-corrected chi connectivity index (χ2v) is 7.87. The lowest BCUT2D eigenvalue weighted by molar-refractivity contribution is -0.0372. The van der Waals surface area contributed by atoms with Crippen molar-refractivity contribution < 1.29 is 4.74 Å². The lowest BCUT2D eigenvalue weighted by atomic mass is 9.94. The van der Waals surface area contributed by atoms with Crippen molar-refractivity contribution >= 4 is 0 Å². The number of benzene rings is 1. The molecule has 2 rings (SSSR count). The van der Waals surface area contributed by atoms with Gasteiger partial charge in [-0.1, -0.05) is 52.3 Å². The number of likely N-dealkylation sites (tertiary alicyclic amines) is 1. The van der Waals surface area contributed by atoms with Crippen LogP contribution in [0.15, 0.2) is 18.2 Å². The van der Waals surface area contributed by atoms with Crippen LogP contribution in [0.25, 0.3) is 0 Å². The topological polar surface area (TPSA) is 12.5 Å². The number of hydrogen-bond donors (Lipinski definition) is 0. The largest absolute Gasteiger partial charge is 0.475 e. The molecule has 1 unspecified atom stereocenters. The van der Waals surface area contributed by atoms with E-state index in [4.69, 9.17) is 4.74 Å². The molecule has 2 heteroatoms. The summed E-state index contributed by atoms with van der Waals surface area (Å²) in [7, 11) is 0. The van der Waals surface area contributed by atoms with Crippen molar-refractivity contribution in [3.05, 3.63) is 29.3 Å². The molecule has 2 nitrogen and oxygen atoms in total. The molecule has 0 saturated carbocycles. The molecule has 1 aliphatic heterocycles. The standard InChI is InChI=1S/C21H35NO/c1-14(2)19-12-9-13-20(15(3)4)21(19)23-18(7)22-16(5)10-8-11-17(22)6/h9,12-18H,8,10-11H2,1-7H3/t16-,17+,18?. The van der Waals surface area contributed by atoms with Gasteiger partial charge in [0.15, 0.2) is 0 Å². The molecule has 1 fully saturated rings. The van der Waals surface area contributed by atoms with Gasteiger partial charge >= 0.3 is 0 Å². The number of para-hydroxylation sites is 1. The normalized spacial score (nSPS) is 24.2. The second-order valence-electron chi connectivity index (χ2n) is 7.87. The summed E-state index contributed by atoms with van der Waals surface area (Å²) < 4.78 is 6.61. The Morgan fingerprint density at radius 3 is 1.83 bits per heavy atom. The van der Waals surface area contributed by atoms with Gasteiger partial charge in [0.05, 0.1) is 0 Å². The molecular formula is C21H35NO. The molecule has 0 aromatic heterocycles. The Kier molecular flexibility index (Phi) is 6.13. The fraction of sp³-hybridized carbons (Fsp3) is 0.714. The highest BCUT2D eigenvalue weighted by Crippen LogP contribution is 2.36. The number of hydrogen-bond acceptors (Lipinski definition) is 2. The molecule has 1 aromatic carbocycles. The Labute approximate surface area is 143 Å². The fourth-order valence-electron chi connectivity index (χ4n) is 4.01. The zero-order valence-corrected chi connectivity index (χ0v) is 16.1. The lowest BCUT2D eigenvalue weighted by Crippen LogP contribution is -2.51. The van der Waals surface area contributed by atoms with Crippen molar-refractivity contribution in [2.75, 3.05) is 0 Å². The maximum absolute atomic E-state index is 6.61. The first kappa shape index (κ1) is 18.3. The van der Waals surface area contributed by atoms with Gasteiger partial charge in [-0.25, -0.2) is 0 Å². The minimum absolute atomic E-state index is 0.123. The summed E-state index contributed by atoms with van der Waals surface area (Å²) >= 11 is 0. The molecule has 0 radical (unpaired) electrons. The first-order valence-corrected chi connectivity index (χ1v) is 9.39. The molecule has 3 atom stereocenters. The van der Waals surface area contributed by atoms with Gasteiger partial charge < -0.3 is 4.74 Å². The average molecular weight is 318 g/mol. The summed E-state index contributed by atoms with van der Waals surface area (Å²) in [6.07, 6.45) is 4.02. The second kappa shape index (κ2) is 7.70. The van der Waals surface area contributed by atoms with Crippen molar-refractivity contribution in [2.45, 2.75) is 97.9 Å². The van der Waals surface area contributed by atoms with E-state index >= 15 is 0 Å². The zero-order valence-electron chi connectivity index (χ0n) is 16.1. The van der Waals surface area contributed by atoms with Crippen molar-refractivity contribution in [1.29, 1.82) is 0 Å². The first-order valence-electron chi connectivity index (χ1n) is 9.39. The van der Waals surface area contributed by atoms with E-state index < -0.39 is 0 Å². The summed E-state index contributed by atoms with van der Waals surface area (Å²) in [5.74, 6) is 2.08. The van der Waals surface area contributed by atoms with E-state index in [0.717, 1.165) is 5.75 Å². The van der Waals surface area contributed by atoms with Crippen molar-refractivity contribution in [3.63, 3.8) is 0 Å². The molecule has 0 bridgehead atoms. The maximum Gasteiger partial charge on any atom is 0.150 e. The molecule has 1 saturated heterocycles. The predicted octanol–water partition coefficient (Wildman–Crippen LogP) is 5.92. The van der Waals surface area contributed by atoms with Crippen LogP contribution < -0.4 is 4.74 Å². The van der Waals surface area contributed by atoms with Crippen molar-refractivity contribution in [3.8, 4) is 5.75 Å². The Hall–Kier alpha value is -1.02. The summed E-state index contributed by atoms with van der Waals surface area (Å²) in [5, 5.41) is 0. The molecule has 1 heterocycles. The third kappa shape index (κ3) is 4.09. The zero-order chi connectivity index (χ0) is 17.1. The van der Waals surface area contributed by atoms with Crippen LogP contribution in [0.1, 0.15) is 90.7 Å². The third-order valence-corrected chi connectivity index (χ3v) is 5.29. The summed E-state index contributed by atoms with van der Waals surface area (Å²) in [5.41, 5.74) is 2.67. The number of rotatable bonds is 5. The van der Waals surface area contributed by atoms with Crippen molar-refractivity contribution in [2.24, 2.45) is 0 Å². The lowest BCUT2D eigenvalue weighted by Gasteiger charge is -2.43. The van der Waals surface area contributed by atoms with Crippen LogP contribution in [-0.4, -0.2) is 23.2 Å². The molecule has 0 amide bonds. The van der Waals surface area contributed by atoms with Gasteiger partial charge in [-0.05, 0) is 56.6 Å². The van der Waals surface area contributed by atoms with Gasteiger partial charge in [-0.15, -0.1) is 0 Å². The number of ether oxygens (including phenoxy) is 1. The van der Waals surface area contributed by atoms with Gasteiger partial charge in [0, 0.05) is 12.1 Å². The highest BCUT2D eigenvalue weighted by Gasteiger charge is 2.30. The molecule has 0 N–H and O–H groups in total. The van der Waals surface area contributed by atoms with Crippen LogP contribution >= 0.6 is 0 Å². The SMILES string of the molecule is CC(C)c1cccc(C(C)C)c1OC(C)N1[C@H](C)CCC[C@@H]1C. The van der Waals surface area contributed by atoms with E-state index in [1.165, 1.54) is 30.4 Å². The maximum atomic E-state index is 6.61. The third-order valence-electron chi connectivity index (χ3n) is 5.29. The molecule has 130 valence electrons. The monoisotopic (exact) mass is 317 g/mol. The molecule has 1 aliphatic rings. The van der Waals surface area contributed by atoms with Crippen molar-refractivity contribution in [1.82, 2.24) is 4.90 Å². The quantitative estimate of drug-likeness (QED) is 0.668. The van der Waals surface area contributed by atoms with Crippen LogP contribution in [0.3, 0.4) is 0 Å². The van der Waals surface area contributed by atoms with E-state index in [2.05, 4.69) is 71.6 Å². The number of piperidine rings is 1. The summed E-state index contributed by atoms with van der Waals surface area (Å²) in [6.45, 7) is 15.9. The van der Waals surface area contributed by atoms with Gasteiger partial charge in [-0.3, -0.25) is 4.90 Å². The fourth-order valence-corrected chi connectivity index (χ4v) is 4.01. The minimum Gasteiger partial charge on any atom is -0.475 e. The van der Waals surface area contributed by atoms with Crippen LogP contribution in [0.2, 0.25) is 0 Å². The molecular weight excluding hydrogens is 282 g/mol. The average Bonchev–Trinajstić information content (AvgIpc) is 2.46. The van der Waals surface area contributed by atoms with E-state index in [1.807, 2.05) is 0 Å². The molecule has 0 aliphatic carbocycles. The Morgan fingerprint density at radius 2 is 1.39 bits per heavy atom. The molecule has 1 aromatic rings. The Bertz CT molecular complexity index is 472. The van der Waals surface area contributed by atoms with E-state index in [9.17, 15) is 0 Å². The van der Waals surface area contributed by atoms with E-state index in [0.29, 0.717) is 23.9 Å². The first-order chi connectivity index (χ1) is 10.8. The Morgan fingerprint density at radius 1 is 0.913 bits per heavy atom. The van der Waals surface area contributed by atoms with Crippen LogP contribution in [0.4, 0.5) is 0 Å².